The number of nitrogens with zero attached hydrogens (tertiary/aromatic N) is 3. The van der Waals surface area contributed by atoms with Crippen LogP contribution in [-0.2, 0) is 13.6 Å². The van der Waals surface area contributed by atoms with Gasteiger partial charge in [-0.15, -0.1) is 0 Å². The molecule has 0 spiro atoms. The van der Waals surface area contributed by atoms with Crippen molar-refractivity contribution in [3.63, 3.8) is 0 Å². The molecule has 0 aliphatic heterocycles. The summed E-state index contributed by atoms with van der Waals surface area (Å²) in [6.07, 6.45) is 1.63. The van der Waals surface area contributed by atoms with E-state index in [0.717, 1.165) is 11.1 Å². The number of hydrogen-bond donors (Lipinski definition) is 1. The number of para-hydroxylation sites is 1. The first-order chi connectivity index (χ1) is 14.1. The number of methoxy groups -OCH3 is 1. The van der Waals surface area contributed by atoms with Crippen LogP contribution in [0.25, 0.3) is 22.3 Å². The molecule has 146 valence electrons. The first-order valence-corrected chi connectivity index (χ1v) is 9.05. The van der Waals surface area contributed by atoms with E-state index in [-0.39, 0.29) is 18.3 Å². The van der Waals surface area contributed by atoms with Gasteiger partial charge in [-0.25, -0.2) is 9.37 Å². The van der Waals surface area contributed by atoms with Gasteiger partial charge in [0.25, 0.3) is 5.91 Å². The number of hydrogen-bond acceptors (Lipinski definition) is 4. The monoisotopic (exact) mass is 390 g/mol. The van der Waals surface area contributed by atoms with Crippen molar-refractivity contribution >= 4 is 16.9 Å². The molecular formula is C22H19FN4O2. The Morgan fingerprint density at radius 1 is 1.17 bits per heavy atom. The molecule has 2 aromatic carbocycles. The summed E-state index contributed by atoms with van der Waals surface area (Å²) >= 11 is 0. The fraction of sp³-hybridized carbons (Fsp3) is 0.136. The normalized spacial score (nSPS) is 10.9. The molecular weight excluding hydrogens is 371 g/mol. The molecule has 0 saturated carbocycles. The molecule has 0 atom stereocenters. The fourth-order valence-electron chi connectivity index (χ4n) is 3.18. The Labute approximate surface area is 167 Å². The zero-order valence-corrected chi connectivity index (χ0v) is 16.0. The van der Waals surface area contributed by atoms with Crippen LogP contribution in [0.1, 0.15) is 15.9 Å². The lowest BCUT2D eigenvalue weighted by molar-refractivity contribution is 0.0952. The van der Waals surface area contributed by atoms with Crippen molar-refractivity contribution in [1.29, 1.82) is 0 Å². The van der Waals surface area contributed by atoms with E-state index < -0.39 is 0 Å². The Bertz CT molecular complexity index is 1190. The molecule has 7 heteroatoms. The molecule has 6 nitrogen and oxygen atoms in total. The number of rotatable bonds is 5. The van der Waals surface area contributed by atoms with Crippen molar-refractivity contribution in [3.8, 4) is 17.0 Å². The minimum atomic E-state index is -0.312. The van der Waals surface area contributed by atoms with E-state index in [0.29, 0.717) is 28.0 Å². The summed E-state index contributed by atoms with van der Waals surface area (Å²) in [5.74, 6) is 0.0952. The van der Waals surface area contributed by atoms with Gasteiger partial charge < -0.3 is 10.1 Å². The average Bonchev–Trinajstić information content (AvgIpc) is 3.13. The topological polar surface area (TPSA) is 69.0 Å². The maximum absolute atomic E-state index is 13.1. The van der Waals surface area contributed by atoms with Crippen LogP contribution >= 0.6 is 0 Å². The van der Waals surface area contributed by atoms with E-state index >= 15 is 0 Å². The SMILES string of the molecule is COc1ccccc1-c1cc(C(=O)NCc2ccc(F)cc2)c2cnn(C)c2n1. The van der Waals surface area contributed by atoms with Crippen molar-refractivity contribution < 1.29 is 13.9 Å². The van der Waals surface area contributed by atoms with E-state index in [2.05, 4.69) is 15.4 Å². The highest BCUT2D eigenvalue weighted by atomic mass is 19.1. The fourth-order valence-corrected chi connectivity index (χ4v) is 3.18. The van der Waals surface area contributed by atoms with Gasteiger partial charge in [0.1, 0.15) is 11.6 Å². The lowest BCUT2D eigenvalue weighted by Gasteiger charge is -2.11. The number of carbonyl (C=O) groups excluding carboxylic acids is 1. The van der Waals surface area contributed by atoms with Crippen LogP contribution in [0.2, 0.25) is 0 Å². The third-order valence-corrected chi connectivity index (χ3v) is 4.70. The third kappa shape index (κ3) is 3.67. The zero-order chi connectivity index (χ0) is 20.4. The molecule has 4 rings (SSSR count). The number of halogens is 1. The van der Waals surface area contributed by atoms with Crippen molar-refractivity contribution in [1.82, 2.24) is 20.1 Å². The van der Waals surface area contributed by atoms with Gasteiger partial charge in [0.05, 0.1) is 30.0 Å². The highest BCUT2D eigenvalue weighted by Crippen LogP contribution is 2.31. The van der Waals surface area contributed by atoms with E-state index in [1.807, 2.05) is 24.3 Å². The van der Waals surface area contributed by atoms with Crippen LogP contribution in [0.3, 0.4) is 0 Å². The van der Waals surface area contributed by atoms with Gasteiger partial charge >= 0.3 is 0 Å². The second kappa shape index (κ2) is 7.71. The molecule has 2 aromatic heterocycles. The van der Waals surface area contributed by atoms with Crippen molar-refractivity contribution in [2.45, 2.75) is 6.54 Å². The molecule has 29 heavy (non-hydrogen) atoms. The van der Waals surface area contributed by atoms with Crippen molar-refractivity contribution in [3.05, 3.63) is 77.7 Å². The van der Waals surface area contributed by atoms with E-state index in [1.54, 1.807) is 43.2 Å². The van der Waals surface area contributed by atoms with Gasteiger partial charge in [0.15, 0.2) is 5.65 Å². The second-order valence-corrected chi connectivity index (χ2v) is 6.57. The Morgan fingerprint density at radius 3 is 2.69 bits per heavy atom. The quantitative estimate of drug-likeness (QED) is 0.564. The summed E-state index contributed by atoms with van der Waals surface area (Å²) in [6.45, 7) is 0.285. The van der Waals surface area contributed by atoms with Crippen molar-refractivity contribution in [2.75, 3.05) is 7.11 Å². The Hall–Kier alpha value is -3.74. The molecule has 4 aromatic rings. The third-order valence-electron chi connectivity index (χ3n) is 4.70. The van der Waals surface area contributed by atoms with Crippen molar-refractivity contribution in [2.24, 2.45) is 7.05 Å². The molecule has 1 amide bonds. The summed E-state index contributed by atoms with van der Waals surface area (Å²) in [6, 6.07) is 15.3. The summed E-state index contributed by atoms with van der Waals surface area (Å²) in [5, 5.41) is 7.79. The molecule has 0 radical (unpaired) electrons. The molecule has 2 heterocycles. The van der Waals surface area contributed by atoms with Gasteiger partial charge in [0, 0.05) is 19.2 Å². The first kappa shape index (κ1) is 18.6. The molecule has 0 bridgehead atoms. The molecule has 0 unspecified atom stereocenters. The number of aryl methyl sites for hydroxylation is 1. The van der Waals surface area contributed by atoms with Crippen LogP contribution in [0.5, 0.6) is 5.75 Å². The summed E-state index contributed by atoms with van der Waals surface area (Å²) in [5.41, 5.74) is 3.27. The standard InChI is InChI=1S/C22H19FN4O2/c1-27-21-18(13-25-27)17(22(28)24-12-14-7-9-15(23)10-8-14)11-19(26-21)16-5-3-4-6-20(16)29-2/h3-11,13H,12H2,1-2H3,(H,24,28). The van der Waals surface area contributed by atoms with E-state index in [4.69, 9.17) is 4.74 Å². The molecule has 1 N–H and O–H groups in total. The largest absolute Gasteiger partial charge is 0.496 e. The number of pyridine rings is 1. The maximum atomic E-state index is 13.1. The second-order valence-electron chi connectivity index (χ2n) is 6.57. The minimum absolute atomic E-state index is 0.258. The van der Waals surface area contributed by atoms with Gasteiger partial charge in [-0.2, -0.15) is 5.10 Å². The number of aromatic nitrogens is 3. The summed E-state index contributed by atoms with van der Waals surface area (Å²) in [7, 11) is 3.37. The van der Waals surface area contributed by atoms with Crippen LogP contribution in [0, 0.1) is 5.82 Å². The summed E-state index contributed by atoms with van der Waals surface area (Å²) in [4.78, 5) is 17.6. The molecule has 0 aliphatic carbocycles. The summed E-state index contributed by atoms with van der Waals surface area (Å²) < 4.78 is 20.2. The molecule has 0 fully saturated rings. The number of fused-ring (bicyclic) bond motifs is 1. The smallest absolute Gasteiger partial charge is 0.252 e. The minimum Gasteiger partial charge on any atom is -0.496 e. The Morgan fingerprint density at radius 2 is 1.93 bits per heavy atom. The van der Waals surface area contributed by atoms with Crippen LogP contribution in [0.4, 0.5) is 4.39 Å². The highest BCUT2D eigenvalue weighted by molar-refractivity contribution is 6.06. The number of carbonyl (C=O) groups is 1. The predicted molar refractivity (Wildman–Crippen MR) is 108 cm³/mol. The van der Waals surface area contributed by atoms with Gasteiger partial charge in [0.2, 0.25) is 0 Å². The molecule has 0 aliphatic rings. The Kier molecular flexibility index (Phi) is 4.95. The van der Waals surface area contributed by atoms with Crippen LogP contribution < -0.4 is 10.1 Å². The average molecular weight is 390 g/mol. The van der Waals surface area contributed by atoms with Gasteiger partial charge in [-0.1, -0.05) is 24.3 Å². The first-order valence-electron chi connectivity index (χ1n) is 9.05. The van der Waals surface area contributed by atoms with E-state index in [9.17, 15) is 9.18 Å². The zero-order valence-electron chi connectivity index (χ0n) is 16.0. The lowest BCUT2D eigenvalue weighted by atomic mass is 10.1. The number of amides is 1. The van der Waals surface area contributed by atoms with E-state index in [1.165, 1.54) is 12.1 Å². The Balaban J connectivity index is 1.73. The number of nitrogens with one attached hydrogen (secondary N) is 1. The number of ether oxygens (including phenoxy) is 1. The lowest BCUT2D eigenvalue weighted by Crippen LogP contribution is -2.23. The molecule has 0 saturated heterocycles. The maximum Gasteiger partial charge on any atom is 0.252 e. The van der Waals surface area contributed by atoms with Gasteiger partial charge in [-0.3, -0.25) is 9.48 Å². The predicted octanol–water partition coefficient (Wildman–Crippen LogP) is 3.71. The van der Waals surface area contributed by atoms with Crippen LogP contribution in [0.15, 0.2) is 60.8 Å². The number of benzene rings is 2. The van der Waals surface area contributed by atoms with Gasteiger partial charge in [-0.05, 0) is 35.9 Å². The highest BCUT2D eigenvalue weighted by Gasteiger charge is 2.18. The van der Waals surface area contributed by atoms with Crippen LogP contribution in [-0.4, -0.2) is 27.8 Å².